The minimum atomic E-state index is 0.950. The SMILES string of the molecule is [CH2]CSCC=C. The number of hydrogen-bond acceptors (Lipinski definition) is 1. The molecule has 0 unspecified atom stereocenters. The Balaban J connectivity index is 2.49. The molecule has 0 aliphatic rings. The minimum Gasteiger partial charge on any atom is -0.158 e. The Hall–Kier alpha value is 0.0900. The summed E-state index contributed by atoms with van der Waals surface area (Å²) in [5, 5.41) is 0. The third-order valence-corrected chi connectivity index (χ3v) is 1.14. The highest BCUT2D eigenvalue weighted by atomic mass is 32.2. The van der Waals surface area contributed by atoms with Crippen LogP contribution in [0.5, 0.6) is 0 Å². The van der Waals surface area contributed by atoms with Crippen molar-refractivity contribution in [1.82, 2.24) is 0 Å². The molecule has 6 heavy (non-hydrogen) atoms. The molecule has 0 spiro atoms. The smallest absolute Gasteiger partial charge is 0.0110 e. The lowest BCUT2D eigenvalue weighted by Crippen LogP contribution is -1.67. The topological polar surface area (TPSA) is 0 Å². The van der Waals surface area contributed by atoms with E-state index in [2.05, 4.69) is 13.5 Å². The highest BCUT2D eigenvalue weighted by Crippen LogP contribution is 1.95. The van der Waals surface area contributed by atoms with Crippen LogP contribution in [0.25, 0.3) is 0 Å². The first-order valence-corrected chi connectivity index (χ1v) is 3.05. The zero-order chi connectivity index (χ0) is 4.83. The van der Waals surface area contributed by atoms with Crippen molar-refractivity contribution < 1.29 is 0 Å². The first-order valence-electron chi connectivity index (χ1n) is 1.89. The lowest BCUT2D eigenvalue weighted by Gasteiger charge is -1.82. The van der Waals surface area contributed by atoms with Gasteiger partial charge in [-0.15, -0.1) is 6.58 Å². The summed E-state index contributed by atoms with van der Waals surface area (Å²) in [6.07, 6.45) is 1.88. The van der Waals surface area contributed by atoms with Crippen LogP contribution >= 0.6 is 11.8 Å². The summed E-state index contributed by atoms with van der Waals surface area (Å²) in [5.41, 5.74) is 0. The zero-order valence-corrected chi connectivity index (χ0v) is 4.63. The Morgan fingerprint density at radius 1 is 1.67 bits per heavy atom. The van der Waals surface area contributed by atoms with Crippen LogP contribution < -0.4 is 0 Å². The van der Waals surface area contributed by atoms with Crippen molar-refractivity contribution in [2.75, 3.05) is 11.5 Å². The molecule has 1 radical (unpaired) electrons. The molecular formula is C5H9S. The number of thioether (sulfide) groups is 1. The zero-order valence-electron chi connectivity index (χ0n) is 3.81. The molecule has 0 saturated carbocycles. The van der Waals surface area contributed by atoms with Crippen molar-refractivity contribution in [3.05, 3.63) is 19.6 Å². The predicted molar refractivity (Wildman–Crippen MR) is 32.9 cm³/mol. The van der Waals surface area contributed by atoms with E-state index < -0.39 is 0 Å². The molecule has 0 N–H and O–H groups in total. The van der Waals surface area contributed by atoms with Gasteiger partial charge in [-0.3, -0.25) is 0 Å². The molecule has 0 aliphatic heterocycles. The second kappa shape index (κ2) is 5.09. The second-order valence-corrected chi connectivity index (χ2v) is 2.01. The van der Waals surface area contributed by atoms with E-state index in [1.807, 2.05) is 6.08 Å². The molecule has 35 valence electrons. The molecular weight excluding hydrogens is 92.1 g/mol. The van der Waals surface area contributed by atoms with Gasteiger partial charge in [-0.25, -0.2) is 0 Å². The van der Waals surface area contributed by atoms with Gasteiger partial charge in [0.1, 0.15) is 0 Å². The van der Waals surface area contributed by atoms with Crippen LogP contribution in [0.2, 0.25) is 0 Å². The Bertz CT molecular complexity index is 32.9. The Morgan fingerprint density at radius 3 is 2.50 bits per heavy atom. The summed E-state index contributed by atoms with van der Waals surface area (Å²) < 4.78 is 0. The van der Waals surface area contributed by atoms with Crippen LogP contribution in [0.4, 0.5) is 0 Å². The van der Waals surface area contributed by atoms with Gasteiger partial charge in [0, 0.05) is 5.75 Å². The van der Waals surface area contributed by atoms with Crippen LogP contribution in [0.15, 0.2) is 12.7 Å². The van der Waals surface area contributed by atoms with Crippen molar-refractivity contribution in [3.8, 4) is 0 Å². The maximum absolute atomic E-state index is 3.64. The Morgan fingerprint density at radius 2 is 2.33 bits per heavy atom. The van der Waals surface area contributed by atoms with Crippen molar-refractivity contribution in [3.63, 3.8) is 0 Å². The molecule has 0 rings (SSSR count). The second-order valence-electron chi connectivity index (χ2n) is 0.864. The monoisotopic (exact) mass is 101 g/mol. The van der Waals surface area contributed by atoms with E-state index in [9.17, 15) is 0 Å². The molecule has 0 aromatic rings. The third kappa shape index (κ3) is 4.09. The average Bonchev–Trinajstić information content (AvgIpc) is 1.61. The van der Waals surface area contributed by atoms with Crippen LogP contribution in [-0.4, -0.2) is 11.5 Å². The van der Waals surface area contributed by atoms with Gasteiger partial charge in [0.05, 0.1) is 0 Å². The lowest BCUT2D eigenvalue weighted by atomic mass is 10.8. The highest BCUT2D eigenvalue weighted by molar-refractivity contribution is 7.99. The summed E-state index contributed by atoms with van der Waals surface area (Å²) in [6.45, 7) is 7.19. The third-order valence-electron chi connectivity index (χ3n) is 0.380. The molecule has 1 heteroatoms. The molecule has 0 aromatic carbocycles. The van der Waals surface area contributed by atoms with Gasteiger partial charge in [-0.1, -0.05) is 6.08 Å². The first-order chi connectivity index (χ1) is 2.91. The van der Waals surface area contributed by atoms with E-state index in [4.69, 9.17) is 0 Å². The van der Waals surface area contributed by atoms with E-state index >= 15 is 0 Å². The molecule has 0 fully saturated rings. The number of hydrogen-bond donors (Lipinski definition) is 0. The summed E-state index contributed by atoms with van der Waals surface area (Å²) in [5.74, 6) is 1.98. The molecule has 0 aromatic heterocycles. The van der Waals surface area contributed by atoms with Crippen molar-refractivity contribution in [2.45, 2.75) is 0 Å². The van der Waals surface area contributed by atoms with E-state index in [1.165, 1.54) is 0 Å². The van der Waals surface area contributed by atoms with Gasteiger partial charge in [0.2, 0.25) is 0 Å². The fraction of sp³-hybridized carbons (Fsp3) is 0.400. The molecule has 0 amide bonds. The Kier molecular flexibility index (Phi) is 5.17. The van der Waals surface area contributed by atoms with E-state index in [1.54, 1.807) is 11.8 Å². The van der Waals surface area contributed by atoms with Crippen LogP contribution in [0.3, 0.4) is 0 Å². The van der Waals surface area contributed by atoms with Crippen molar-refractivity contribution in [1.29, 1.82) is 0 Å². The summed E-state index contributed by atoms with van der Waals surface area (Å²) in [4.78, 5) is 0. The average molecular weight is 101 g/mol. The summed E-state index contributed by atoms with van der Waals surface area (Å²) in [6, 6.07) is 0. The van der Waals surface area contributed by atoms with Crippen molar-refractivity contribution in [2.24, 2.45) is 0 Å². The largest absolute Gasteiger partial charge is 0.158 e. The van der Waals surface area contributed by atoms with Crippen LogP contribution in [0, 0.1) is 6.92 Å². The van der Waals surface area contributed by atoms with Crippen LogP contribution in [-0.2, 0) is 0 Å². The van der Waals surface area contributed by atoms with E-state index in [0.717, 1.165) is 11.5 Å². The quantitative estimate of drug-likeness (QED) is 0.385. The molecule has 0 bridgehead atoms. The normalized spacial score (nSPS) is 8.17. The van der Waals surface area contributed by atoms with Gasteiger partial charge in [0.25, 0.3) is 0 Å². The molecule has 0 saturated heterocycles. The molecule has 0 nitrogen and oxygen atoms in total. The fourth-order valence-electron chi connectivity index (χ4n) is 0.167. The first kappa shape index (κ1) is 6.09. The molecule has 0 heterocycles. The van der Waals surface area contributed by atoms with Gasteiger partial charge in [0.15, 0.2) is 0 Å². The maximum atomic E-state index is 3.64. The summed E-state index contributed by atoms with van der Waals surface area (Å²) in [7, 11) is 0. The molecule has 0 atom stereocenters. The van der Waals surface area contributed by atoms with Gasteiger partial charge < -0.3 is 0 Å². The summed E-state index contributed by atoms with van der Waals surface area (Å²) >= 11 is 1.78. The fourth-order valence-corrected chi connectivity index (χ4v) is 0.500. The lowest BCUT2D eigenvalue weighted by molar-refractivity contribution is 1.74. The van der Waals surface area contributed by atoms with Gasteiger partial charge >= 0.3 is 0 Å². The van der Waals surface area contributed by atoms with Gasteiger partial charge in [-0.05, 0) is 12.7 Å². The standard InChI is InChI=1S/C5H9S/c1-3-5-6-4-2/h3H,1-2,4-5H2. The maximum Gasteiger partial charge on any atom is 0.0110 e. The highest BCUT2D eigenvalue weighted by Gasteiger charge is 1.70. The van der Waals surface area contributed by atoms with Crippen LogP contribution in [0.1, 0.15) is 0 Å². The minimum absolute atomic E-state index is 0.950. The predicted octanol–water partition coefficient (Wildman–Crippen LogP) is 1.74. The van der Waals surface area contributed by atoms with E-state index in [-0.39, 0.29) is 0 Å². The number of rotatable bonds is 3. The Labute approximate surface area is 43.6 Å². The van der Waals surface area contributed by atoms with Gasteiger partial charge in [-0.2, -0.15) is 11.8 Å². The van der Waals surface area contributed by atoms with Crippen molar-refractivity contribution >= 4 is 11.8 Å². The molecule has 0 aliphatic carbocycles. The van der Waals surface area contributed by atoms with E-state index in [0.29, 0.717) is 0 Å².